The van der Waals surface area contributed by atoms with Crippen LogP contribution in [-0.4, -0.2) is 59.6 Å². The van der Waals surface area contributed by atoms with Crippen molar-refractivity contribution in [2.45, 2.75) is 52.3 Å². The maximum Gasteiger partial charge on any atom is 0.397 e. The van der Waals surface area contributed by atoms with Gasteiger partial charge in [-0.05, 0) is 50.5 Å². The van der Waals surface area contributed by atoms with Crippen molar-refractivity contribution in [3.63, 3.8) is 0 Å². The molecule has 1 unspecified atom stereocenters. The van der Waals surface area contributed by atoms with Crippen molar-refractivity contribution in [2.24, 2.45) is 0 Å². The van der Waals surface area contributed by atoms with Crippen LogP contribution in [0.4, 0.5) is 5.00 Å². The van der Waals surface area contributed by atoms with Gasteiger partial charge in [-0.25, -0.2) is 9.59 Å². The standard InChI is InChI=1S/C25H31N3O7S/c1-14(29)26-12-18-20-17(10-11-28(18)13-15-6-8-16(34-5)9-7-15)19(23(31)32)22(36-20)27-21(30)24(33)35-25(2,3)4/h6-9,18H,10-13H2,1-5H3,(H,26,29)(H,27,30)(H,31,32). The maximum atomic E-state index is 12.5. The van der Waals surface area contributed by atoms with Gasteiger partial charge in [0.2, 0.25) is 5.91 Å². The molecule has 3 N–H and O–H groups in total. The summed E-state index contributed by atoms with van der Waals surface area (Å²) >= 11 is 1.10. The van der Waals surface area contributed by atoms with Gasteiger partial charge in [-0.1, -0.05) is 12.1 Å². The van der Waals surface area contributed by atoms with E-state index in [9.17, 15) is 24.3 Å². The largest absolute Gasteiger partial charge is 0.497 e. The molecule has 0 saturated carbocycles. The van der Waals surface area contributed by atoms with E-state index in [1.807, 2.05) is 24.3 Å². The quantitative estimate of drug-likeness (QED) is 0.377. The number of rotatable bonds is 7. The Bertz CT molecular complexity index is 1150. The number of carboxylic acids is 1. The zero-order valence-corrected chi connectivity index (χ0v) is 21.8. The number of nitrogens with zero attached hydrogens (tertiary/aromatic N) is 1. The number of anilines is 1. The summed E-state index contributed by atoms with van der Waals surface area (Å²) in [7, 11) is 1.60. The number of thiophene rings is 1. The molecule has 0 radical (unpaired) electrons. The Hall–Kier alpha value is -3.44. The topological polar surface area (TPSA) is 134 Å². The number of aromatic carboxylic acids is 1. The van der Waals surface area contributed by atoms with Crippen molar-refractivity contribution in [1.82, 2.24) is 10.2 Å². The highest BCUT2D eigenvalue weighted by Crippen LogP contribution is 2.43. The molecular weight excluding hydrogens is 486 g/mol. The van der Waals surface area contributed by atoms with Crippen molar-refractivity contribution in [2.75, 3.05) is 25.5 Å². The van der Waals surface area contributed by atoms with E-state index in [0.717, 1.165) is 27.5 Å². The lowest BCUT2D eigenvalue weighted by atomic mass is 9.96. The Morgan fingerprint density at radius 3 is 2.39 bits per heavy atom. The highest BCUT2D eigenvalue weighted by Gasteiger charge is 2.36. The summed E-state index contributed by atoms with van der Waals surface area (Å²) in [5, 5.41) is 15.3. The lowest BCUT2D eigenvalue weighted by Gasteiger charge is -2.36. The van der Waals surface area contributed by atoms with Crippen LogP contribution in [-0.2, 0) is 32.1 Å². The number of hydrogen-bond donors (Lipinski definition) is 3. The Balaban J connectivity index is 1.93. The molecule has 3 rings (SSSR count). The molecule has 1 aliphatic heterocycles. The van der Waals surface area contributed by atoms with Gasteiger partial charge in [0.25, 0.3) is 0 Å². The fraction of sp³-hybridized carbons (Fsp3) is 0.440. The minimum absolute atomic E-state index is 0.0381. The van der Waals surface area contributed by atoms with Gasteiger partial charge in [-0.2, -0.15) is 0 Å². The zero-order valence-electron chi connectivity index (χ0n) is 21.0. The molecule has 1 aromatic heterocycles. The molecule has 10 nitrogen and oxygen atoms in total. The molecule has 1 aliphatic rings. The van der Waals surface area contributed by atoms with Crippen LogP contribution in [0.1, 0.15) is 60.1 Å². The second kappa shape index (κ2) is 11.1. The summed E-state index contributed by atoms with van der Waals surface area (Å²) < 4.78 is 10.3. The molecule has 0 saturated heterocycles. The minimum Gasteiger partial charge on any atom is -0.497 e. The van der Waals surface area contributed by atoms with Crippen molar-refractivity contribution in [3.8, 4) is 5.75 Å². The molecule has 1 aromatic carbocycles. The third kappa shape index (κ3) is 6.61. The first kappa shape index (κ1) is 27.2. The van der Waals surface area contributed by atoms with E-state index in [1.54, 1.807) is 27.9 Å². The monoisotopic (exact) mass is 517 g/mol. The molecule has 2 amide bonds. The van der Waals surface area contributed by atoms with E-state index < -0.39 is 23.4 Å². The minimum atomic E-state index is -1.20. The van der Waals surface area contributed by atoms with Crippen molar-refractivity contribution in [3.05, 3.63) is 45.8 Å². The zero-order chi connectivity index (χ0) is 26.6. The van der Waals surface area contributed by atoms with Crippen LogP contribution in [0.2, 0.25) is 0 Å². The number of benzene rings is 1. The molecule has 2 aromatic rings. The van der Waals surface area contributed by atoms with Gasteiger partial charge >= 0.3 is 17.8 Å². The normalized spacial score (nSPS) is 15.5. The molecule has 0 bridgehead atoms. The lowest BCUT2D eigenvalue weighted by Crippen LogP contribution is -2.41. The lowest BCUT2D eigenvalue weighted by molar-refractivity contribution is -0.161. The average molecular weight is 518 g/mol. The molecule has 0 aliphatic carbocycles. The summed E-state index contributed by atoms with van der Waals surface area (Å²) in [4.78, 5) is 51.4. The first-order valence-corrected chi connectivity index (χ1v) is 12.3. The smallest absolute Gasteiger partial charge is 0.397 e. The molecule has 1 atom stereocenters. The highest BCUT2D eigenvalue weighted by atomic mass is 32.1. The third-order valence-electron chi connectivity index (χ3n) is 5.55. The first-order valence-electron chi connectivity index (χ1n) is 11.4. The number of nitrogens with one attached hydrogen (secondary N) is 2. The molecule has 2 heterocycles. The van der Waals surface area contributed by atoms with Gasteiger partial charge in [0.1, 0.15) is 16.4 Å². The maximum absolute atomic E-state index is 12.5. The predicted octanol–water partition coefficient (Wildman–Crippen LogP) is 2.97. The number of carbonyl (C=O) groups excluding carboxylic acids is 3. The molecule has 36 heavy (non-hydrogen) atoms. The fourth-order valence-electron chi connectivity index (χ4n) is 3.99. The number of ether oxygens (including phenoxy) is 2. The van der Waals surface area contributed by atoms with Gasteiger partial charge in [0.05, 0.1) is 18.7 Å². The van der Waals surface area contributed by atoms with Crippen LogP contribution >= 0.6 is 11.3 Å². The van der Waals surface area contributed by atoms with Crippen LogP contribution in [0.25, 0.3) is 0 Å². The number of amides is 2. The third-order valence-corrected chi connectivity index (χ3v) is 6.79. The number of hydrogen-bond acceptors (Lipinski definition) is 8. The Labute approximate surface area is 213 Å². The van der Waals surface area contributed by atoms with Gasteiger partial charge in [0.15, 0.2) is 0 Å². The molecule has 0 spiro atoms. The van der Waals surface area contributed by atoms with Gasteiger partial charge in [-0.3, -0.25) is 14.5 Å². The van der Waals surface area contributed by atoms with E-state index in [1.165, 1.54) is 6.92 Å². The van der Waals surface area contributed by atoms with Gasteiger partial charge < -0.3 is 25.2 Å². The average Bonchev–Trinajstić information content (AvgIpc) is 3.15. The van der Waals surface area contributed by atoms with Crippen LogP contribution in [0.15, 0.2) is 24.3 Å². The summed E-state index contributed by atoms with van der Waals surface area (Å²) in [6.07, 6.45) is 0.433. The van der Waals surface area contributed by atoms with Crippen LogP contribution in [0.3, 0.4) is 0 Å². The summed E-state index contributed by atoms with van der Waals surface area (Å²) in [5.74, 6) is -2.81. The SMILES string of the molecule is COc1ccc(CN2CCc3c(sc(NC(=O)C(=O)OC(C)(C)C)c3C(=O)O)C2CNC(C)=O)cc1. The summed E-state index contributed by atoms with van der Waals surface area (Å²) in [6.45, 7) is 7.68. The van der Waals surface area contributed by atoms with Crippen LogP contribution in [0.5, 0.6) is 5.75 Å². The second-order valence-electron chi connectivity index (χ2n) is 9.43. The second-order valence-corrected chi connectivity index (χ2v) is 10.5. The molecule has 11 heteroatoms. The van der Waals surface area contributed by atoms with Crippen LogP contribution in [0, 0.1) is 0 Å². The highest BCUT2D eigenvalue weighted by molar-refractivity contribution is 7.17. The fourth-order valence-corrected chi connectivity index (χ4v) is 5.36. The molecular formula is C25H31N3O7S. The predicted molar refractivity (Wildman–Crippen MR) is 134 cm³/mol. The van der Waals surface area contributed by atoms with E-state index in [0.29, 0.717) is 25.1 Å². The van der Waals surface area contributed by atoms with Crippen molar-refractivity contribution < 1.29 is 33.8 Å². The molecule has 0 fully saturated rings. The summed E-state index contributed by atoms with van der Waals surface area (Å²) in [5.41, 5.74) is 0.710. The van der Waals surface area contributed by atoms with E-state index in [4.69, 9.17) is 9.47 Å². The van der Waals surface area contributed by atoms with Gasteiger partial charge in [-0.15, -0.1) is 11.3 Å². The van der Waals surface area contributed by atoms with Crippen LogP contribution < -0.4 is 15.4 Å². The number of fused-ring (bicyclic) bond motifs is 1. The number of esters is 1. The van der Waals surface area contributed by atoms with Gasteiger partial charge in [0, 0.05) is 31.4 Å². The van der Waals surface area contributed by atoms with Crippen molar-refractivity contribution >= 4 is 40.1 Å². The first-order chi connectivity index (χ1) is 16.9. The number of carbonyl (C=O) groups is 4. The van der Waals surface area contributed by atoms with E-state index in [2.05, 4.69) is 15.5 Å². The Kier molecular flexibility index (Phi) is 8.36. The Morgan fingerprint density at radius 2 is 1.83 bits per heavy atom. The Morgan fingerprint density at radius 1 is 1.17 bits per heavy atom. The summed E-state index contributed by atoms with van der Waals surface area (Å²) in [6, 6.07) is 7.31. The van der Waals surface area contributed by atoms with E-state index >= 15 is 0 Å². The van der Waals surface area contributed by atoms with E-state index in [-0.39, 0.29) is 29.1 Å². The van der Waals surface area contributed by atoms with Crippen molar-refractivity contribution in [1.29, 1.82) is 0 Å². The molecule has 194 valence electrons. The number of methoxy groups -OCH3 is 1. The number of carboxylic acid groups (broad SMARTS) is 1.